The molecule has 0 aliphatic carbocycles. The molecule has 20 heavy (non-hydrogen) atoms. The van der Waals surface area contributed by atoms with E-state index in [0.29, 0.717) is 26.9 Å². The Kier molecular flexibility index (Phi) is 4.83. The molecule has 2 nitrogen and oxygen atoms in total. The van der Waals surface area contributed by atoms with Crippen LogP contribution in [0.15, 0.2) is 48.5 Å². The van der Waals surface area contributed by atoms with Gasteiger partial charge in [-0.15, -0.1) is 0 Å². The highest BCUT2D eigenvalue weighted by atomic mass is 35.5. The molecular weight excluding hydrogens is 295 g/mol. The number of methoxy groups -OCH3 is 1. The molecule has 0 atom stereocenters. The third kappa shape index (κ3) is 3.41. The molecule has 0 saturated carbocycles. The van der Waals surface area contributed by atoms with Gasteiger partial charge in [0.1, 0.15) is 5.75 Å². The number of carbonyl (C=O) groups excluding carboxylic acids is 1. The number of ketones is 1. The number of ether oxygens (including phenoxy) is 1. The summed E-state index contributed by atoms with van der Waals surface area (Å²) in [6, 6.07) is 12.2. The van der Waals surface area contributed by atoms with E-state index in [1.807, 2.05) is 0 Å². The Labute approximate surface area is 127 Å². The second-order valence-corrected chi connectivity index (χ2v) is 4.88. The third-order valence-corrected chi connectivity index (χ3v) is 3.41. The first kappa shape index (κ1) is 14.6. The van der Waals surface area contributed by atoms with E-state index in [1.54, 1.807) is 55.7 Å². The van der Waals surface area contributed by atoms with Gasteiger partial charge in [0.15, 0.2) is 5.78 Å². The quantitative estimate of drug-likeness (QED) is 0.593. The van der Waals surface area contributed by atoms with Gasteiger partial charge in [0.05, 0.1) is 7.11 Å². The first-order valence-corrected chi connectivity index (χ1v) is 6.68. The smallest absolute Gasteiger partial charge is 0.185 e. The average molecular weight is 307 g/mol. The predicted molar refractivity (Wildman–Crippen MR) is 82.8 cm³/mol. The van der Waals surface area contributed by atoms with Crippen LogP contribution in [-0.2, 0) is 0 Å². The fourth-order valence-electron chi connectivity index (χ4n) is 1.70. The van der Waals surface area contributed by atoms with E-state index in [2.05, 4.69) is 0 Å². The number of hydrogen-bond acceptors (Lipinski definition) is 2. The summed E-state index contributed by atoms with van der Waals surface area (Å²) < 4.78 is 5.09. The van der Waals surface area contributed by atoms with Crippen molar-refractivity contribution in [3.8, 4) is 5.75 Å². The highest BCUT2D eigenvalue weighted by Crippen LogP contribution is 2.25. The van der Waals surface area contributed by atoms with E-state index in [1.165, 1.54) is 6.08 Å². The highest BCUT2D eigenvalue weighted by Gasteiger charge is 2.05. The third-order valence-electron chi connectivity index (χ3n) is 2.76. The molecular formula is C16H12Cl2O2. The topological polar surface area (TPSA) is 26.3 Å². The molecule has 102 valence electrons. The van der Waals surface area contributed by atoms with E-state index in [0.717, 1.165) is 0 Å². The van der Waals surface area contributed by atoms with Crippen LogP contribution in [0.3, 0.4) is 0 Å². The van der Waals surface area contributed by atoms with Crippen molar-refractivity contribution in [1.29, 1.82) is 0 Å². The number of rotatable bonds is 4. The molecule has 0 heterocycles. The molecule has 4 heteroatoms. The molecule has 0 aromatic heterocycles. The van der Waals surface area contributed by atoms with E-state index in [9.17, 15) is 4.79 Å². The van der Waals surface area contributed by atoms with Crippen LogP contribution in [0.1, 0.15) is 15.9 Å². The van der Waals surface area contributed by atoms with E-state index < -0.39 is 0 Å². The minimum Gasteiger partial charge on any atom is -0.497 e. The zero-order valence-corrected chi connectivity index (χ0v) is 12.3. The van der Waals surface area contributed by atoms with Gasteiger partial charge in [-0.1, -0.05) is 41.4 Å². The maximum absolute atomic E-state index is 12.1. The largest absolute Gasteiger partial charge is 0.497 e. The molecule has 0 amide bonds. The molecule has 0 saturated heterocycles. The molecule has 0 unspecified atom stereocenters. The van der Waals surface area contributed by atoms with Crippen LogP contribution in [0.25, 0.3) is 6.08 Å². The summed E-state index contributed by atoms with van der Waals surface area (Å²) >= 11 is 12.1. The molecule has 2 rings (SSSR count). The maximum atomic E-state index is 12.1. The lowest BCUT2D eigenvalue weighted by molar-refractivity contribution is 0.104. The zero-order valence-electron chi connectivity index (χ0n) is 10.8. The van der Waals surface area contributed by atoms with Crippen molar-refractivity contribution in [2.45, 2.75) is 0 Å². The molecule has 0 radical (unpaired) electrons. The summed E-state index contributed by atoms with van der Waals surface area (Å²) in [5, 5.41) is 1.01. The van der Waals surface area contributed by atoms with Crippen molar-refractivity contribution in [1.82, 2.24) is 0 Å². The summed E-state index contributed by atoms with van der Waals surface area (Å²) in [7, 11) is 1.56. The van der Waals surface area contributed by atoms with Crippen molar-refractivity contribution in [3.05, 3.63) is 69.7 Å². The van der Waals surface area contributed by atoms with E-state index in [-0.39, 0.29) is 5.78 Å². The molecule has 0 aliphatic heterocycles. The molecule has 2 aromatic rings. The summed E-state index contributed by atoms with van der Waals surface area (Å²) in [6.07, 6.45) is 3.06. The van der Waals surface area contributed by atoms with Crippen molar-refractivity contribution >= 4 is 35.1 Å². The Morgan fingerprint density at radius 3 is 2.40 bits per heavy atom. The van der Waals surface area contributed by atoms with Crippen LogP contribution in [0.5, 0.6) is 5.75 Å². The Morgan fingerprint density at radius 1 is 1.10 bits per heavy atom. The molecule has 0 N–H and O–H groups in total. The Morgan fingerprint density at radius 2 is 1.75 bits per heavy atom. The van der Waals surface area contributed by atoms with Gasteiger partial charge in [-0.2, -0.15) is 0 Å². The average Bonchev–Trinajstić information content (AvgIpc) is 2.46. The van der Waals surface area contributed by atoms with Gasteiger partial charge < -0.3 is 4.74 Å². The molecule has 0 spiro atoms. The number of allylic oxidation sites excluding steroid dienone is 1. The van der Waals surface area contributed by atoms with Crippen molar-refractivity contribution < 1.29 is 9.53 Å². The normalized spacial score (nSPS) is 10.8. The molecule has 2 aromatic carbocycles. The summed E-state index contributed by atoms with van der Waals surface area (Å²) in [5.74, 6) is 0.500. The highest BCUT2D eigenvalue weighted by molar-refractivity contribution is 6.37. The SMILES string of the molecule is COc1cccc(C(=O)/C=C/c2c(Cl)cccc2Cl)c1. The minimum atomic E-state index is -0.139. The Bertz CT molecular complexity index is 643. The van der Waals surface area contributed by atoms with Crippen LogP contribution >= 0.6 is 23.2 Å². The van der Waals surface area contributed by atoms with Gasteiger partial charge in [0, 0.05) is 21.2 Å². The minimum absolute atomic E-state index is 0.139. The standard InChI is InChI=1S/C16H12Cl2O2/c1-20-12-5-2-4-11(10-12)16(19)9-8-13-14(17)6-3-7-15(13)18/h2-10H,1H3/b9-8+. The summed E-state index contributed by atoms with van der Waals surface area (Å²) in [4.78, 5) is 12.1. The van der Waals surface area contributed by atoms with Gasteiger partial charge in [-0.05, 0) is 36.4 Å². The number of carbonyl (C=O) groups is 1. The van der Waals surface area contributed by atoms with Crippen LogP contribution in [0, 0.1) is 0 Å². The first-order chi connectivity index (χ1) is 9.61. The van der Waals surface area contributed by atoms with Crippen molar-refractivity contribution in [2.24, 2.45) is 0 Å². The Hall–Kier alpha value is -1.77. The number of benzene rings is 2. The lowest BCUT2D eigenvalue weighted by atomic mass is 10.1. The second kappa shape index (κ2) is 6.60. The summed E-state index contributed by atoms with van der Waals surface area (Å²) in [5.41, 5.74) is 1.18. The van der Waals surface area contributed by atoms with Gasteiger partial charge in [-0.25, -0.2) is 0 Å². The summed E-state index contributed by atoms with van der Waals surface area (Å²) in [6.45, 7) is 0. The lowest BCUT2D eigenvalue weighted by Gasteiger charge is -2.02. The van der Waals surface area contributed by atoms with Crippen LogP contribution in [-0.4, -0.2) is 12.9 Å². The monoisotopic (exact) mass is 306 g/mol. The fraction of sp³-hybridized carbons (Fsp3) is 0.0625. The van der Waals surface area contributed by atoms with E-state index >= 15 is 0 Å². The van der Waals surface area contributed by atoms with Gasteiger partial charge >= 0.3 is 0 Å². The predicted octanol–water partition coefficient (Wildman–Crippen LogP) is 4.90. The zero-order chi connectivity index (χ0) is 14.5. The fourth-order valence-corrected chi connectivity index (χ4v) is 2.22. The van der Waals surface area contributed by atoms with Crippen LogP contribution in [0.4, 0.5) is 0 Å². The van der Waals surface area contributed by atoms with Crippen LogP contribution < -0.4 is 4.74 Å². The molecule has 0 fully saturated rings. The van der Waals surface area contributed by atoms with Crippen molar-refractivity contribution in [3.63, 3.8) is 0 Å². The lowest BCUT2D eigenvalue weighted by Crippen LogP contribution is -1.95. The van der Waals surface area contributed by atoms with Gasteiger partial charge in [0.25, 0.3) is 0 Å². The second-order valence-electron chi connectivity index (χ2n) is 4.06. The number of hydrogen-bond donors (Lipinski definition) is 0. The van der Waals surface area contributed by atoms with E-state index in [4.69, 9.17) is 27.9 Å². The van der Waals surface area contributed by atoms with Gasteiger partial charge in [-0.3, -0.25) is 4.79 Å². The molecule has 0 aliphatic rings. The van der Waals surface area contributed by atoms with Gasteiger partial charge in [0.2, 0.25) is 0 Å². The number of halogens is 2. The Balaban J connectivity index is 2.25. The van der Waals surface area contributed by atoms with Crippen LogP contribution in [0.2, 0.25) is 10.0 Å². The first-order valence-electron chi connectivity index (χ1n) is 5.92. The van der Waals surface area contributed by atoms with Crippen molar-refractivity contribution in [2.75, 3.05) is 7.11 Å². The molecule has 0 bridgehead atoms. The maximum Gasteiger partial charge on any atom is 0.185 e.